The number of benzene rings is 2. The fourth-order valence-electron chi connectivity index (χ4n) is 2.92. The molecule has 0 spiro atoms. The summed E-state index contributed by atoms with van der Waals surface area (Å²) in [6.07, 6.45) is 0. The topological polar surface area (TPSA) is 68.0 Å². The second-order valence-corrected chi connectivity index (χ2v) is 7.95. The van der Waals surface area contributed by atoms with E-state index in [1.807, 2.05) is 36.6 Å². The molecule has 1 N–H and O–H groups in total. The number of anilines is 1. The second-order valence-electron chi connectivity index (χ2n) is 6.30. The van der Waals surface area contributed by atoms with Crippen LogP contribution in [-0.2, 0) is 4.79 Å². The maximum atomic E-state index is 11.6. The third-order valence-electron chi connectivity index (χ3n) is 4.37. The van der Waals surface area contributed by atoms with Crippen LogP contribution in [0.1, 0.15) is 12.5 Å². The summed E-state index contributed by atoms with van der Waals surface area (Å²) >= 11 is 13.6. The molecule has 0 saturated heterocycles. The van der Waals surface area contributed by atoms with Crippen LogP contribution in [0.25, 0.3) is 11.3 Å². The Balaban J connectivity index is 1.80. The average Bonchev–Trinajstić information content (AvgIpc) is 3.11. The Labute approximate surface area is 181 Å². The zero-order valence-electron chi connectivity index (χ0n) is 15.6. The first-order valence-corrected chi connectivity index (χ1v) is 10.3. The van der Waals surface area contributed by atoms with Gasteiger partial charge in [-0.3, -0.25) is 9.79 Å². The van der Waals surface area contributed by atoms with E-state index in [1.165, 1.54) is 11.3 Å². The van der Waals surface area contributed by atoms with Crippen molar-refractivity contribution >= 4 is 51.8 Å². The molecule has 0 unspecified atom stereocenters. The quantitative estimate of drug-likeness (QED) is 0.594. The summed E-state index contributed by atoms with van der Waals surface area (Å²) in [6.45, 7) is 1.92. The van der Waals surface area contributed by atoms with Gasteiger partial charge in [0.1, 0.15) is 5.75 Å². The molecule has 1 aromatic heterocycles. The molecule has 4 rings (SSSR count). The molecule has 0 radical (unpaired) electrons. The Kier molecular flexibility index (Phi) is 5.45. The van der Waals surface area contributed by atoms with Crippen molar-refractivity contribution in [1.29, 1.82) is 0 Å². The van der Waals surface area contributed by atoms with Crippen molar-refractivity contribution in [1.82, 2.24) is 4.68 Å². The number of carbonyl (C=O) groups is 1. The van der Waals surface area contributed by atoms with Crippen LogP contribution in [0.15, 0.2) is 51.9 Å². The van der Waals surface area contributed by atoms with Gasteiger partial charge in [0.2, 0.25) is 4.80 Å². The minimum absolute atomic E-state index is 0.0246. The van der Waals surface area contributed by atoms with Crippen LogP contribution in [0.3, 0.4) is 0 Å². The van der Waals surface area contributed by atoms with Gasteiger partial charge in [-0.25, -0.2) is 4.68 Å². The molecule has 9 heteroatoms. The molecule has 0 aliphatic carbocycles. The number of thiazole rings is 1. The number of ether oxygens (including phenoxy) is 1. The smallest absolute Gasteiger partial charge is 0.262 e. The summed E-state index contributed by atoms with van der Waals surface area (Å²) in [5.74, 6) is 0.469. The minimum atomic E-state index is -0.175. The highest BCUT2D eigenvalue weighted by Gasteiger charge is 2.18. The lowest BCUT2D eigenvalue weighted by Crippen LogP contribution is -2.25. The summed E-state index contributed by atoms with van der Waals surface area (Å²) in [4.78, 5) is 16.7. The number of halogens is 2. The molecule has 1 amide bonds. The first-order valence-electron chi connectivity index (χ1n) is 8.67. The fraction of sp³-hybridized carbons (Fsp3) is 0.150. The maximum absolute atomic E-state index is 11.6. The van der Waals surface area contributed by atoms with Gasteiger partial charge in [0.25, 0.3) is 5.91 Å². The van der Waals surface area contributed by atoms with Crippen molar-refractivity contribution in [2.75, 3.05) is 19.0 Å². The van der Waals surface area contributed by atoms with E-state index in [2.05, 4.69) is 10.3 Å². The first kappa shape index (κ1) is 19.7. The first-order chi connectivity index (χ1) is 14.0. The number of hydrogen-bond acceptors (Lipinski definition) is 5. The molecule has 0 atom stereocenters. The van der Waals surface area contributed by atoms with E-state index < -0.39 is 0 Å². The van der Waals surface area contributed by atoms with E-state index in [1.54, 1.807) is 23.9 Å². The normalized spacial score (nSPS) is 14.4. The van der Waals surface area contributed by atoms with Gasteiger partial charge < -0.3 is 10.1 Å². The molecule has 3 aromatic rings. The van der Waals surface area contributed by atoms with Crippen molar-refractivity contribution in [3.8, 4) is 17.0 Å². The van der Waals surface area contributed by atoms with Crippen molar-refractivity contribution < 1.29 is 9.53 Å². The molecule has 29 heavy (non-hydrogen) atoms. The van der Waals surface area contributed by atoms with E-state index in [-0.39, 0.29) is 12.5 Å². The van der Waals surface area contributed by atoms with E-state index in [0.717, 1.165) is 27.3 Å². The van der Waals surface area contributed by atoms with Crippen molar-refractivity contribution in [2.24, 2.45) is 10.1 Å². The highest BCUT2D eigenvalue weighted by Crippen LogP contribution is 2.33. The number of amides is 1. The second kappa shape index (κ2) is 8.02. The summed E-state index contributed by atoms with van der Waals surface area (Å²) < 4.78 is 7.21. The van der Waals surface area contributed by atoms with Crippen LogP contribution in [0.2, 0.25) is 10.0 Å². The third kappa shape index (κ3) is 3.94. The SMILES string of the molecule is CN=c1scc(-c2ccc3c(c2)NC(=O)CO3)n1N=C(C)c1ccc(Cl)c(Cl)c1. The number of aromatic nitrogens is 1. The Morgan fingerprint density at radius 3 is 2.79 bits per heavy atom. The highest BCUT2D eigenvalue weighted by molar-refractivity contribution is 7.07. The van der Waals surface area contributed by atoms with E-state index >= 15 is 0 Å². The van der Waals surface area contributed by atoms with Gasteiger partial charge in [-0.05, 0) is 42.8 Å². The Hall–Kier alpha value is -2.61. The van der Waals surface area contributed by atoms with Crippen molar-refractivity contribution in [3.63, 3.8) is 0 Å². The van der Waals surface area contributed by atoms with Crippen LogP contribution in [0.4, 0.5) is 5.69 Å². The van der Waals surface area contributed by atoms with Crippen LogP contribution in [0, 0.1) is 0 Å². The van der Waals surface area contributed by atoms with Crippen molar-refractivity contribution in [2.45, 2.75) is 6.92 Å². The van der Waals surface area contributed by atoms with Gasteiger partial charge in [0.05, 0.1) is 27.1 Å². The molecule has 0 saturated carbocycles. The highest BCUT2D eigenvalue weighted by atomic mass is 35.5. The van der Waals surface area contributed by atoms with Gasteiger partial charge in [0.15, 0.2) is 6.61 Å². The Bertz CT molecular complexity index is 1210. The molecule has 1 aliphatic rings. The van der Waals surface area contributed by atoms with Gasteiger partial charge in [-0.2, -0.15) is 5.10 Å². The molecule has 6 nitrogen and oxygen atoms in total. The molecule has 1 aliphatic heterocycles. The van der Waals surface area contributed by atoms with Crippen molar-refractivity contribution in [3.05, 3.63) is 62.2 Å². The summed E-state index contributed by atoms with van der Waals surface area (Å²) in [6, 6.07) is 11.0. The zero-order chi connectivity index (χ0) is 20.5. The minimum Gasteiger partial charge on any atom is -0.482 e. The van der Waals surface area contributed by atoms with E-state index in [4.69, 9.17) is 33.0 Å². The lowest BCUT2D eigenvalue weighted by atomic mass is 10.1. The Morgan fingerprint density at radius 2 is 2.03 bits per heavy atom. The standard InChI is InChI=1S/C20H16Cl2N4O2S/c1-11(12-3-5-14(21)15(22)7-12)25-26-17(10-29-20(26)23-2)13-4-6-18-16(8-13)24-19(27)9-28-18/h3-8,10H,9H2,1-2H3,(H,24,27). The number of rotatable bonds is 3. The number of carbonyl (C=O) groups excluding carboxylic acids is 1. The van der Waals surface area contributed by atoms with Gasteiger partial charge in [-0.15, -0.1) is 11.3 Å². The largest absolute Gasteiger partial charge is 0.482 e. The van der Waals surface area contributed by atoms with Gasteiger partial charge in [-0.1, -0.05) is 29.3 Å². The Morgan fingerprint density at radius 1 is 1.21 bits per heavy atom. The lowest BCUT2D eigenvalue weighted by Gasteiger charge is -2.18. The average molecular weight is 447 g/mol. The lowest BCUT2D eigenvalue weighted by molar-refractivity contribution is -0.118. The fourth-order valence-corrected chi connectivity index (χ4v) is 4.01. The van der Waals surface area contributed by atoms with E-state index in [0.29, 0.717) is 21.5 Å². The molecular weight excluding hydrogens is 431 g/mol. The van der Waals surface area contributed by atoms with Crippen LogP contribution in [-0.4, -0.2) is 29.9 Å². The number of nitrogens with one attached hydrogen (secondary N) is 1. The van der Waals surface area contributed by atoms with Gasteiger partial charge in [0, 0.05) is 18.0 Å². The third-order valence-corrected chi connectivity index (χ3v) is 6.02. The van der Waals surface area contributed by atoms with Gasteiger partial charge >= 0.3 is 0 Å². The maximum Gasteiger partial charge on any atom is 0.262 e. The molecule has 0 fully saturated rings. The van der Waals surface area contributed by atoms with E-state index in [9.17, 15) is 4.79 Å². The number of nitrogens with zero attached hydrogens (tertiary/aromatic N) is 3. The van der Waals surface area contributed by atoms with Crippen LogP contribution in [0.5, 0.6) is 5.75 Å². The zero-order valence-corrected chi connectivity index (χ0v) is 17.9. The summed E-state index contributed by atoms with van der Waals surface area (Å²) in [5.41, 5.74) is 3.98. The molecule has 0 bridgehead atoms. The van der Waals surface area contributed by atoms with Crippen LogP contribution < -0.4 is 14.9 Å². The predicted molar refractivity (Wildman–Crippen MR) is 117 cm³/mol. The molecule has 148 valence electrons. The number of hydrogen-bond donors (Lipinski definition) is 1. The van der Waals surface area contributed by atoms with Crippen LogP contribution >= 0.6 is 34.5 Å². The number of fused-ring (bicyclic) bond motifs is 1. The summed E-state index contributed by atoms with van der Waals surface area (Å²) in [5, 5.41) is 10.5. The molecular formula is C20H16Cl2N4O2S. The molecule has 2 aromatic carbocycles. The summed E-state index contributed by atoms with van der Waals surface area (Å²) in [7, 11) is 1.72. The predicted octanol–water partition coefficient (Wildman–Crippen LogP) is 4.66. The monoisotopic (exact) mass is 446 g/mol. The molecule has 2 heterocycles.